The number of carbonyl (C=O) groups is 1. The smallest absolute Gasteiger partial charge is 0.269 e. The third kappa shape index (κ3) is 6.28. The molecule has 8 nitrogen and oxygen atoms in total. The number of furan rings is 1. The second-order valence-electron chi connectivity index (χ2n) is 7.03. The molecule has 1 unspecified atom stereocenters. The Morgan fingerprint density at radius 1 is 1.24 bits per heavy atom. The van der Waals surface area contributed by atoms with Crippen LogP contribution in [0.15, 0.2) is 40.8 Å². The third-order valence-corrected chi connectivity index (χ3v) is 5.04. The zero-order chi connectivity index (χ0) is 19.9. The first-order valence-electron chi connectivity index (χ1n) is 9.61. The van der Waals surface area contributed by atoms with E-state index in [0.717, 1.165) is 37.1 Å². The molecule has 9 heteroatoms. The summed E-state index contributed by atoms with van der Waals surface area (Å²) < 4.78 is 5.97. The van der Waals surface area contributed by atoms with Gasteiger partial charge >= 0.3 is 0 Å². The first-order chi connectivity index (χ1) is 13.6. The molecule has 0 bridgehead atoms. The summed E-state index contributed by atoms with van der Waals surface area (Å²) in [4.78, 5) is 24.4. The van der Waals surface area contributed by atoms with E-state index < -0.39 is 4.92 Å². The second-order valence-corrected chi connectivity index (χ2v) is 7.03. The molecule has 1 aliphatic heterocycles. The molecule has 0 spiro atoms. The maximum atomic E-state index is 11.7. The van der Waals surface area contributed by atoms with Gasteiger partial charge in [-0.15, -0.1) is 12.4 Å². The molecule has 1 atom stereocenters. The van der Waals surface area contributed by atoms with Crippen molar-refractivity contribution < 1.29 is 14.1 Å². The average molecular weight is 423 g/mol. The molecule has 1 aromatic carbocycles. The van der Waals surface area contributed by atoms with Crippen LogP contribution in [-0.4, -0.2) is 41.4 Å². The molecule has 0 aliphatic carbocycles. The lowest BCUT2D eigenvalue weighted by molar-refractivity contribution is -0.384. The van der Waals surface area contributed by atoms with Crippen molar-refractivity contribution >= 4 is 24.0 Å². The van der Waals surface area contributed by atoms with Gasteiger partial charge in [0.2, 0.25) is 5.91 Å². The van der Waals surface area contributed by atoms with Gasteiger partial charge in [0, 0.05) is 43.2 Å². The predicted molar refractivity (Wildman–Crippen MR) is 113 cm³/mol. The molecule has 2 aromatic rings. The number of nitro benzene ring substituents is 1. The number of nitrogens with zero attached hydrogens (tertiary/aromatic N) is 2. The molecule has 1 aromatic heterocycles. The molecule has 1 fully saturated rings. The molecule has 0 saturated carbocycles. The van der Waals surface area contributed by atoms with Crippen LogP contribution in [-0.2, 0) is 11.3 Å². The number of benzene rings is 1. The van der Waals surface area contributed by atoms with Gasteiger partial charge in [-0.05, 0) is 43.7 Å². The molecule has 2 heterocycles. The van der Waals surface area contributed by atoms with Crippen LogP contribution in [0.2, 0.25) is 0 Å². The third-order valence-electron chi connectivity index (χ3n) is 5.04. The second kappa shape index (κ2) is 10.9. The number of piperidine rings is 1. The minimum atomic E-state index is -0.417. The summed E-state index contributed by atoms with van der Waals surface area (Å²) in [6.07, 6.45) is 3.67. The Hall–Kier alpha value is -2.42. The molecule has 29 heavy (non-hydrogen) atoms. The fourth-order valence-electron chi connectivity index (χ4n) is 3.52. The molecular formula is C20H27ClN4O4. The first kappa shape index (κ1) is 22.9. The number of halogens is 1. The van der Waals surface area contributed by atoms with E-state index in [4.69, 9.17) is 10.2 Å². The predicted octanol–water partition coefficient (Wildman–Crippen LogP) is 3.10. The summed E-state index contributed by atoms with van der Waals surface area (Å²) in [6.45, 7) is 2.61. The van der Waals surface area contributed by atoms with Crippen LogP contribution in [0, 0.1) is 10.1 Å². The van der Waals surface area contributed by atoms with Crippen LogP contribution in [0.3, 0.4) is 0 Å². The zero-order valence-electron chi connectivity index (χ0n) is 16.2. The fourth-order valence-corrected chi connectivity index (χ4v) is 3.52. The molecule has 3 rings (SSSR count). The molecule has 1 aliphatic rings. The van der Waals surface area contributed by atoms with Crippen molar-refractivity contribution in [1.82, 2.24) is 10.2 Å². The maximum absolute atomic E-state index is 11.7. The Morgan fingerprint density at radius 3 is 2.69 bits per heavy atom. The number of non-ortho nitro benzene ring substituents is 1. The van der Waals surface area contributed by atoms with Crippen molar-refractivity contribution in [3.8, 4) is 11.3 Å². The Labute approximate surface area is 176 Å². The molecule has 158 valence electrons. The summed E-state index contributed by atoms with van der Waals surface area (Å²) in [6, 6.07) is 10.4. The van der Waals surface area contributed by atoms with Gasteiger partial charge in [0.05, 0.1) is 11.5 Å². The van der Waals surface area contributed by atoms with Crippen LogP contribution in [0.1, 0.15) is 31.4 Å². The number of nitro groups is 1. The van der Waals surface area contributed by atoms with Gasteiger partial charge in [-0.1, -0.05) is 6.42 Å². The van der Waals surface area contributed by atoms with Crippen molar-refractivity contribution in [2.75, 3.05) is 19.6 Å². The van der Waals surface area contributed by atoms with Crippen molar-refractivity contribution in [2.45, 2.75) is 38.3 Å². The van der Waals surface area contributed by atoms with Gasteiger partial charge in [-0.3, -0.25) is 19.8 Å². The molecule has 1 saturated heterocycles. The minimum Gasteiger partial charge on any atom is -0.460 e. The Kier molecular flexibility index (Phi) is 8.63. The van der Waals surface area contributed by atoms with E-state index in [-0.39, 0.29) is 30.0 Å². The van der Waals surface area contributed by atoms with Gasteiger partial charge < -0.3 is 15.5 Å². The highest BCUT2D eigenvalue weighted by Gasteiger charge is 2.24. The van der Waals surface area contributed by atoms with Crippen LogP contribution in [0.5, 0.6) is 0 Å². The number of hydrogen-bond acceptors (Lipinski definition) is 6. The standard InChI is InChI=1S/C20H26N4O4.ClH/c21-11-10-20(25)22-13-17-3-1-2-12-23(17)14-18-8-9-19(28-18)15-4-6-16(7-5-15)24(26)27;/h4-9,17H,1-3,10-14,21H2,(H,22,25);1H. The topological polar surface area (TPSA) is 115 Å². The van der Waals surface area contributed by atoms with E-state index in [9.17, 15) is 14.9 Å². The Balaban J connectivity index is 0.00000300. The fraction of sp³-hybridized carbons (Fsp3) is 0.450. The van der Waals surface area contributed by atoms with Crippen LogP contribution in [0.25, 0.3) is 11.3 Å². The highest BCUT2D eigenvalue weighted by atomic mass is 35.5. The molecule has 1 amide bonds. The van der Waals surface area contributed by atoms with E-state index in [1.54, 1.807) is 12.1 Å². The highest BCUT2D eigenvalue weighted by molar-refractivity contribution is 5.85. The Morgan fingerprint density at radius 2 is 2.00 bits per heavy atom. The molecule has 3 N–H and O–H groups in total. The number of hydrogen-bond donors (Lipinski definition) is 2. The number of nitrogens with one attached hydrogen (secondary N) is 1. The largest absolute Gasteiger partial charge is 0.460 e. The van der Waals surface area contributed by atoms with E-state index in [1.165, 1.54) is 12.1 Å². The van der Waals surface area contributed by atoms with Gasteiger partial charge in [0.25, 0.3) is 5.69 Å². The quantitative estimate of drug-likeness (QED) is 0.499. The van der Waals surface area contributed by atoms with Crippen molar-refractivity contribution in [1.29, 1.82) is 0 Å². The van der Waals surface area contributed by atoms with Crippen LogP contribution in [0.4, 0.5) is 5.69 Å². The van der Waals surface area contributed by atoms with Crippen LogP contribution >= 0.6 is 12.4 Å². The summed E-state index contributed by atoms with van der Waals surface area (Å²) in [5.41, 5.74) is 6.29. The summed E-state index contributed by atoms with van der Waals surface area (Å²) >= 11 is 0. The number of rotatable bonds is 8. The van der Waals surface area contributed by atoms with Gasteiger partial charge in [-0.2, -0.15) is 0 Å². The highest BCUT2D eigenvalue weighted by Crippen LogP contribution is 2.26. The SMILES string of the molecule is Cl.NCCC(=O)NCC1CCCCN1Cc1ccc(-c2ccc([N+](=O)[O-])cc2)o1. The minimum absolute atomic E-state index is 0. The lowest BCUT2D eigenvalue weighted by Crippen LogP contribution is -2.46. The van der Waals surface area contributed by atoms with Gasteiger partial charge in [0.15, 0.2) is 0 Å². The number of carbonyl (C=O) groups excluding carboxylic acids is 1. The summed E-state index contributed by atoms with van der Waals surface area (Å²) in [5.74, 6) is 1.52. The zero-order valence-corrected chi connectivity index (χ0v) is 17.0. The Bertz CT molecular complexity index is 809. The lowest BCUT2D eigenvalue weighted by Gasteiger charge is -2.35. The van der Waals surface area contributed by atoms with E-state index in [0.29, 0.717) is 31.8 Å². The normalized spacial score (nSPS) is 16.8. The van der Waals surface area contributed by atoms with E-state index in [1.807, 2.05) is 12.1 Å². The first-order valence-corrected chi connectivity index (χ1v) is 9.61. The summed E-state index contributed by atoms with van der Waals surface area (Å²) in [7, 11) is 0. The average Bonchev–Trinajstić information content (AvgIpc) is 3.16. The number of likely N-dealkylation sites (tertiary alicyclic amines) is 1. The van der Waals surface area contributed by atoms with E-state index in [2.05, 4.69) is 10.2 Å². The maximum Gasteiger partial charge on any atom is 0.269 e. The summed E-state index contributed by atoms with van der Waals surface area (Å²) in [5, 5.41) is 13.7. The van der Waals surface area contributed by atoms with Crippen molar-refractivity contribution in [2.24, 2.45) is 5.73 Å². The van der Waals surface area contributed by atoms with Crippen molar-refractivity contribution in [3.05, 3.63) is 52.3 Å². The monoisotopic (exact) mass is 422 g/mol. The van der Waals surface area contributed by atoms with E-state index >= 15 is 0 Å². The number of amides is 1. The van der Waals surface area contributed by atoms with Gasteiger partial charge in [-0.25, -0.2) is 0 Å². The van der Waals surface area contributed by atoms with Crippen molar-refractivity contribution in [3.63, 3.8) is 0 Å². The lowest BCUT2D eigenvalue weighted by atomic mass is 10.0. The number of nitrogens with two attached hydrogens (primary N) is 1. The molecule has 0 radical (unpaired) electrons. The van der Waals surface area contributed by atoms with Crippen LogP contribution < -0.4 is 11.1 Å². The van der Waals surface area contributed by atoms with Gasteiger partial charge in [0.1, 0.15) is 11.5 Å². The molecular weight excluding hydrogens is 396 g/mol.